The Hall–Kier alpha value is -0.320. The molecule has 0 spiro atoms. The van der Waals surface area contributed by atoms with Crippen LogP contribution in [0.1, 0.15) is 30.9 Å². The lowest BCUT2D eigenvalue weighted by Crippen LogP contribution is -2.45. The first-order valence-corrected chi connectivity index (χ1v) is 8.25. The number of hydrogen-bond acceptors (Lipinski definition) is 3. The summed E-state index contributed by atoms with van der Waals surface area (Å²) in [6, 6.07) is 6.03. The Bertz CT molecular complexity index is 468. The maximum atomic E-state index is 10.4. The summed E-state index contributed by atoms with van der Waals surface area (Å²) in [6.07, 6.45) is 2.60. The van der Waals surface area contributed by atoms with Gasteiger partial charge in [-0.3, -0.25) is 0 Å². The normalized spacial score (nSPS) is 21.7. The molecule has 21 heavy (non-hydrogen) atoms. The fourth-order valence-electron chi connectivity index (χ4n) is 2.89. The zero-order valence-corrected chi connectivity index (χ0v) is 14.2. The fourth-order valence-corrected chi connectivity index (χ4v) is 3.33. The van der Waals surface area contributed by atoms with E-state index >= 15 is 0 Å². The predicted octanol–water partition coefficient (Wildman–Crippen LogP) is 3.44. The highest BCUT2D eigenvalue weighted by molar-refractivity contribution is 6.42. The summed E-state index contributed by atoms with van der Waals surface area (Å²) in [5.74, 6) is 0. The first-order chi connectivity index (χ1) is 9.99. The summed E-state index contributed by atoms with van der Waals surface area (Å²) in [4.78, 5) is 4.71. The van der Waals surface area contributed by atoms with Gasteiger partial charge in [0.05, 0.1) is 16.1 Å². The number of aliphatic hydroxyl groups is 1. The van der Waals surface area contributed by atoms with Crippen molar-refractivity contribution in [2.75, 3.05) is 33.7 Å². The Labute approximate surface area is 137 Å². The van der Waals surface area contributed by atoms with Crippen molar-refractivity contribution in [3.63, 3.8) is 0 Å². The number of halogens is 2. The minimum absolute atomic E-state index is 0.469. The van der Waals surface area contributed by atoms with Crippen molar-refractivity contribution in [3.8, 4) is 0 Å². The Kier molecular flexibility index (Phi) is 6.33. The van der Waals surface area contributed by atoms with Crippen LogP contribution >= 0.6 is 23.2 Å². The quantitative estimate of drug-likeness (QED) is 0.895. The third-order valence-corrected chi connectivity index (χ3v) is 5.10. The maximum absolute atomic E-state index is 10.4. The average molecular weight is 331 g/mol. The molecule has 1 N–H and O–H groups in total. The van der Waals surface area contributed by atoms with Crippen LogP contribution in [0.4, 0.5) is 0 Å². The van der Waals surface area contributed by atoms with Gasteiger partial charge in [-0.05, 0) is 46.0 Å². The minimum Gasteiger partial charge on any atom is -0.388 e. The molecule has 5 heteroatoms. The monoisotopic (exact) mass is 330 g/mol. The van der Waals surface area contributed by atoms with E-state index < -0.39 is 6.10 Å². The summed E-state index contributed by atoms with van der Waals surface area (Å²) >= 11 is 12.2. The maximum Gasteiger partial charge on any atom is 0.0817 e. The van der Waals surface area contributed by atoms with Crippen molar-refractivity contribution in [2.24, 2.45) is 0 Å². The molecule has 1 aliphatic rings. The van der Waals surface area contributed by atoms with Crippen LogP contribution < -0.4 is 0 Å². The first kappa shape index (κ1) is 17.0. The molecule has 1 aromatic rings. The number of likely N-dealkylation sites (tertiary alicyclic amines) is 1. The second-order valence-electron chi connectivity index (χ2n) is 6.01. The third kappa shape index (κ3) is 4.57. The van der Waals surface area contributed by atoms with Gasteiger partial charge in [-0.25, -0.2) is 0 Å². The second-order valence-corrected chi connectivity index (χ2v) is 6.79. The number of benzene rings is 1. The van der Waals surface area contributed by atoms with Crippen LogP contribution in [0, 0.1) is 0 Å². The number of likely N-dealkylation sites (N-methyl/N-ethyl adjacent to an activating group) is 1. The van der Waals surface area contributed by atoms with E-state index in [1.807, 2.05) is 12.1 Å². The first-order valence-electron chi connectivity index (χ1n) is 7.49. The predicted molar refractivity (Wildman–Crippen MR) is 89.2 cm³/mol. The van der Waals surface area contributed by atoms with E-state index in [1.54, 1.807) is 6.07 Å². The molecule has 1 saturated heterocycles. The highest BCUT2D eigenvalue weighted by Crippen LogP contribution is 2.31. The van der Waals surface area contributed by atoms with Gasteiger partial charge in [-0.2, -0.15) is 0 Å². The summed E-state index contributed by atoms with van der Waals surface area (Å²) in [7, 11) is 4.27. The van der Waals surface area contributed by atoms with Gasteiger partial charge in [0.2, 0.25) is 0 Å². The Balaban J connectivity index is 1.89. The van der Waals surface area contributed by atoms with Crippen molar-refractivity contribution in [2.45, 2.75) is 31.4 Å². The lowest BCUT2D eigenvalue weighted by molar-refractivity contribution is 0.102. The lowest BCUT2D eigenvalue weighted by atomic mass is 10.0. The zero-order chi connectivity index (χ0) is 15.4. The average Bonchev–Trinajstić information content (AvgIpc) is 2.48. The fraction of sp³-hybridized carbons (Fsp3) is 0.625. The molecule has 0 aliphatic carbocycles. The SMILES string of the molecule is CN(C)C1CCCN(CCC(O)c2cccc(Cl)c2Cl)C1. The van der Waals surface area contributed by atoms with Gasteiger partial charge in [0.25, 0.3) is 0 Å². The van der Waals surface area contributed by atoms with Crippen LogP contribution in [0.2, 0.25) is 10.0 Å². The third-order valence-electron chi connectivity index (χ3n) is 4.27. The van der Waals surface area contributed by atoms with Gasteiger partial charge in [0.1, 0.15) is 0 Å². The summed E-state index contributed by atoms with van der Waals surface area (Å²) < 4.78 is 0. The van der Waals surface area contributed by atoms with Crippen LogP contribution in [0.25, 0.3) is 0 Å². The van der Waals surface area contributed by atoms with Gasteiger partial charge >= 0.3 is 0 Å². The molecule has 1 aliphatic heterocycles. The van der Waals surface area contributed by atoms with Crippen LogP contribution in [0.15, 0.2) is 18.2 Å². The smallest absolute Gasteiger partial charge is 0.0817 e. The molecule has 1 fully saturated rings. The zero-order valence-electron chi connectivity index (χ0n) is 12.7. The Morgan fingerprint density at radius 1 is 1.38 bits per heavy atom. The Morgan fingerprint density at radius 2 is 2.14 bits per heavy atom. The molecule has 0 radical (unpaired) electrons. The van der Waals surface area contributed by atoms with Gasteiger partial charge < -0.3 is 14.9 Å². The number of hydrogen-bond donors (Lipinski definition) is 1. The van der Waals surface area contributed by atoms with Crippen LogP contribution in [0.5, 0.6) is 0 Å². The molecule has 2 unspecified atom stereocenters. The van der Waals surface area contributed by atoms with Crippen molar-refractivity contribution in [1.82, 2.24) is 9.80 Å². The topological polar surface area (TPSA) is 26.7 Å². The molecule has 3 nitrogen and oxygen atoms in total. The number of rotatable bonds is 5. The largest absolute Gasteiger partial charge is 0.388 e. The van der Waals surface area contributed by atoms with E-state index in [9.17, 15) is 5.11 Å². The molecular formula is C16H24Cl2N2O. The van der Waals surface area contributed by atoms with E-state index in [2.05, 4.69) is 23.9 Å². The molecule has 2 atom stereocenters. The molecule has 0 saturated carbocycles. The van der Waals surface area contributed by atoms with Gasteiger partial charge in [-0.15, -0.1) is 0 Å². The second kappa shape index (κ2) is 7.80. The number of aliphatic hydroxyl groups excluding tert-OH is 1. The summed E-state index contributed by atoms with van der Waals surface area (Å²) in [5.41, 5.74) is 0.727. The molecule has 0 bridgehead atoms. The van der Waals surface area contributed by atoms with E-state index in [-0.39, 0.29) is 0 Å². The van der Waals surface area contributed by atoms with E-state index in [1.165, 1.54) is 12.8 Å². The molecular weight excluding hydrogens is 307 g/mol. The van der Waals surface area contributed by atoms with Crippen LogP contribution in [-0.4, -0.2) is 54.7 Å². The van der Waals surface area contributed by atoms with Crippen LogP contribution in [-0.2, 0) is 0 Å². The molecule has 1 heterocycles. The van der Waals surface area contributed by atoms with E-state index in [0.717, 1.165) is 25.2 Å². The highest BCUT2D eigenvalue weighted by Gasteiger charge is 2.22. The summed E-state index contributed by atoms with van der Waals surface area (Å²) in [5, 5.41) is 11.3. The van der Waals surface area contributed by atoms with Crippen LogP contribution in [0.3, 0.4) is 0 Å². The minimum atomic E-state index is -0.559. The van der Waals surface area contributed by atoms with Gasteiger partial charge in [0.15, 0.2) is 0 Å². The number of piperidine rings is 1. The lowest BCUT2D eigenvalue weighted by Gasteiger charge is -2.36. The molecule has 0 amide bonds. The molecule has 0 aromatic heterocycles. The molecule has 1 aromatic carbocycles. The number of nitrogens with zero attached hydrogens (tertiary/aromatic N) is 2. The summed E-state index contributed by atoms with van der Waals surface area (Å²) in [6.45, 7) is 3.07. The van der Waals surface area contributed by atoms with Gasteiger partial charge in [0, 0.05) is 24.7 Å². The van der Waals surface area contributed by atoms with Crippen molar-refractivity contribution >= 4 is 23.2 Å². The van der Waals surface area contributed by atoms with Gasteiger partial charge in [-0.1, -0.05) is 35.3 Å². The Morgan fingerprint density at radius 3 is 2.86 bits per heavy atom. The van der Waals surface area contributed by atoms with E-state index in [0.29, 0.717) is 22.5 Å². The highest BCUT2D eigenvalue weighted by atomic mass is 35.5. The van der Waals surface area contributed by atoms with Crippen molar-refractivity contribution in [1.29, 1.82) is 0 Å². The molecule has 2 rings (SSSR count). The van der Waals surface area contributed by atoms with Crippen molar-refractivity contribution < 1.29 is 5.11 Å². The standard InChI is InChI=1S/C16H24Cl2N2O/c1-19(2)12-5-4-9-20(11-12)10-8-15(21)13-6-3-7-14(17)16(13)18/h3,6-7,12,15,21H,4-5,8-11H2,1-2H3. The van der Waals surface area contributed by atoms with E-state index in [4.69, 9.17) is 23.2 Å². The molecule has 118 valence electrons. The van der Waals surface area contributed by atoms with Crippen molar-refractivity contribution in [3.05, 3.63) is 33.8 Å².